The zero-order chi connectivity index (χ0) is 34.2. The van der Waals surface area contributed by atoms with E-state index in [4.69, 9.17) is 4.74 Å². The van der Waals surface area contributed by atoms with E-state index in [0.717, 1.165) is 44.2 Å². The first kappa shape index (κ1) is 35.6. The summed E-state index contributed by atoms with van der Waals surface area (Å²) in [6.07, 6.45) is 0.191. The third kappa shape index (κ3) is 9.89. The summed E-state index contributed by atoms with van der Waals surface area (Å²) in [5.74, 6) is -1.05. The van der Waals surface area contributed by atoms with E-state index < -0.39 is 39.9 Å². The lowest BCUT2D eigenvalue weighted by molar-refractivity contribution is -0.140. The van der Waals surface area contributed by atoms with Crippen molar-refractivity contribution in [3.05, 3.63) is 125 Å². The molecule has 4 aromatic rings. The summed E-state index contributed by atoms with van der Waals surface area (Å²) >= 11 is 3.49. The van der Waals surface area contributed by atoms with Crippen LogP contribution in [0.4, 0.5) is 10.1 Å². The van der Waals surface area contributed by atoms with Crippen LogP contribution in [-0.4, -0.2) is 49.9 Å². The summed E-state index contributed by atoms with van der Waals surface area (Å²) in [7, 11) is -4.37. The maximum atomic E-state index is 14.6. The number of benzene rings is 4. The molecule has 0 aromatic heterocycles. The molecule has 1 atom stereocenters. The van der Waals surface area contributed by atoms with Crippen molar-refractivity contribution in [1.82, 2.24) is 10.2 Å². The first-order valence-electron chi connectivity index (χ1n) is 15.2. The molecule has 0 unspecified atom stereocenters. The van der Waals surface area contributed by atoms with E-state index in [0.29, 0.717) is 12.4 Å². The summed E-state index contributed by atoms with van der Waals surface area (Å²) in [4.78, 5) is 29.8. The van der Waals surface area contributed by atoms with Gasteiger partial charge in [-0.25, -0.2) is 12.8 Å². The zero-order valence-corrected chi connectivity index (χ0v) is 29.2. The van der Waals surface area contributed by atoms with E-state index in [9.17, 15) is 22.4 Å². The van der Waals surface area contributed by atoms with Crippen LogP contribution in [0, 0.1) is 5.82 Å². The molecule has 11 heteroatoms. The van der Waals surface area contributed by atoms with Crippen LogP contribution in [0.3, 0.4) is 0 Å². The number of hydrogen-bond acceptors (Lipinski definition) is 5. The molecule has 0 spiro atoms. The van der Waals surface area contributed by atoms with E-state index in [1.807, 2.05) is 82.3 Å². The normalized spacial score (nSPS) is 12.2. The molecule has 0 radical (unpaired) electrons. The van der Waals surface area contributed by atoms with Crippen LogP contribution in [0.25, 0.3) is 0 Å². The number of nitrogens with one attached hydrogen (secondary N) is 1. The molecule has 248 valence electrons. The van der Waals surface area contributed by atoms with Crippen LogP contribution < -0.4 is 14.4 Å². The number of amides is 2. The van der Waals surface area contributed by atoms with Crippen molar-refractivity contribution in [2.75, 3.05) is 17.5 Å². The van der Waals surface area contributed by atoms with Crippen molar-refractivity contribution < 1.29 is 27.1 Å². The molecule has 2 amide bonds. The van der Waals surface area contributed by atoms with E-state index in [1.165, 1.54) is 4.90 Å². The second-order valence-electron chi connectivity index (χ2n) is 12.0. The van der Waals surface area contributed by atoms with E-state index in [1.54, 1.807) is 24.3 Å². The van der Waals surface area contributed by atoms with Gasteiger partial charge in [0.1, 0.15) is 24.2 Å². The van der Waals surface area contributed by atoms with Gasteiger partial charge < -0.3 is 15.0 Å². The molecule has 47 heavy (non-hydrogen) atoms. The van der Waals surface area contributed by atoms with Gasteiger partial charge in [-0.1, -0.05) is 58.4 Å². The Kier molecular flexibility index (Phi) is 11.8. The smallest absolute Gasteiger partial charge is 0.264 e. The Morgan fingerprint density at radius 1 is 0.894 bits per heavy atom. The number of carbonyl (C=O) groups is 2. The Hall–Kier alpha value is -4.22. The molecule has 0 heterocycles. The van der Waals surface area contributed by atoms with Crippen LogP contribution in [0.1, 0.15) is 38.8 Å². The molecule has 0 aliphatic heterocycles. The fourth-order valence-corrected chi connectivity index (χ4v) is 6.84. The molecule has 8 nitrogen and oxygen atoms in total. The van der Waals surface area contributed by atoms with Crippen LogP contribution in [0.5, 0.6) is 5.75 Å². The van der Waals surface area contributed by atoms with Gasteiger partial charge in [0.05, 0.1) is 17.2 Å². The molecule has 0 saturated heterocycles. The second-order valence-corrected chi connectivity index (χ2v) is 14.8. The molecule has 0 bridgehead atoms. The number of nitrogens with zero attached hydrogens (tertiary/aromatic N) is 2. The number of anilines is 1. The summed E-state index contributed by atoms with van der Waals surface area (Å²) in [5.41, 5.74) is 1.17. The fourth-order valence-electron chi connectivity index (χ4n) is 4.98. The lowest BCUT2D eigenvalue weighted by Gasteiger charge is -2.35. The average Bonchev–Trinajstić information content (AvgIpc) is 3.02. The number of sulfonamides is 1. The third-order valence-corrected chi connectivity index (χ3v) is 9.41. The van der Waals surface area contributed by atoms with E-state index in [-0.39, 0.29) is 29.5 Å². The van der Waals surface area contributed by atoms with E-state index >= 15 is 0 Å². The molecule has 1 N–H and O–H groups in total. The summed E-state index contributed by atoms with van der Waals surface area (Å²) in [5, 5.41) is 3.01. The SMILES string of the molecule is CCOc1ccc(N(CC(=O)N(Cc2cccc(Br)c2)[C@H](Cc2ccccc2)C(=O)NC(C)(C)C)S(=O)(=O)c2ccc(F)cc2)cc1. The summed E-state index contributed by atoms with van der Waals surface area (Å²) in [6.45, 7) is 7.21. The van der Waals surface area contributed by atoms with Gasteiger partial charge in [0.15, 0.2) is 0 Å². The lowest BCUT2D eigenvalue weighted by atomic mass is 10.0. The first-order chi connectivity index (χ1) is 22.3. The fraction of sp³-hybridized carbons (Fsp3) is 0.278. The Labute approximate surface area is 284 Å². The monoisotopic (exact) mass is 723 g/mol. The van der Waals surface area contributed by atoms with Crippen LogP contribution in [0.15, 0.2) is 112 Å². The zero-order valence-electron chi connectivity index (χ0n) is 26.8. The van der Waals surface area contributed by atoms with Crippen molar-refractivity contribution in [1.29, 1.82) is 0 Å². The minimum atomic E-state index is -4.37. The summed E-state index contributed by atoms with van der Waals surface area (Å²) in [6, 6.07) is 26.5. The predicted molar refractivity (Wildman–Crippen MR) is 185 cm³/mol. The number of hydrogen-bond donors (Lipinski definition) is 1. The molecular formula is C36H39BrFN3O5S. The molecular weight excluding hydrogens is 685 g/mol. The molecule has 4 aromatic carbocycles. The minimum absolute atomic E-state index is 0.0288. The molecule has 4 rings (SSSR count). The number of halogens is 2. The minimum Gasteiger partial charge on any atom is -0.494 e. The second kappa shape index (κ2) is 15.6. The number of carbonyl (C=O) groups excluding carboxylic acids is 2. The Morgan fingerprint density at radius 3 is 2.13 bits per heavy atom. The van der Waals surface area contributed by atoms with Gasteiger partial charge in [0, 0.05) is 23.0 Å². The highest BCUT2D eigenvalue weighted by molar-refractivity contribution is 9.10. The van der Waals surface area contributed by atoms with Crippen molar-refractivity contribution in [3.8, 4) is 5.75 Å². The average molecular weight is 725 g/mol. The summed E-state index contributed by atoms with van der Waals surface area (Å²) < 4.78 is 49.3. The molecule has 0 saturated carbocycles. The number of ether oxygens (including phenoxy) is 1. The van der Waals surface area contributed by atoms with Gasteiger partial charge in [0.2, 0.25) is 11.8 Å². The predicted octanol–water partition coefficient (Wildman–Crippen LogP) is 6.74. The largest absolute Gasteiger partial charge is 0.494 e. The third-order valence-electron chi connectivity index (χ3n) is 7.13. The molecule has 0 fully saturated rings. The highest BCUT2D eigenvalue weighted by Gasteiger charge is 2.35. The van der Waals surface area contributed by atoms with Gasteiger partial charge in [0.25, 0.3) is 10.0 Å². The van der Waals surface area contributed by atoms with Gasteiger partial charge in [-0.15, -0.1) is 0 Å². The van der Waals surface area contributed by atoms with Crippen LogP contribution in [-0.2, 0) is 32.6 Å². The Bertz CT molecular complexity index is 1760. The van der Waals surface area contributed by atoms with Crippen molar-refractivity contribution >= 4 is 43.5 Å². The van der Waals surface area contributed by atoms with Crippen LogP contribution in [0.2, 0.25) is 0 Å². The van der Waals surface area contributed by atoms with Gasteiger partial charge in [-0.3, -0.25) is 13.9 Å². The maximum Gasteiger partial charge on any atom is 0.264 e. The van der Waals surface area contributed by atoms with Crippen LogP contribution >= 0.6 is 15.9 Å². The van der Waals surface area contributed by atoms with Gasteiger partial charge in [-0.05, 0) is 99.5 Å². The highest BCUT2D eigenvalue weighted by atomic mass is 79.9. The Morgan fingerprint density at radius 2 is 1.53 bits per heavy atom. The van der Waals surface area contributed by atoms with Gasteiger partial charge >= 0.3 is 0 Å². The molecule has 0 aliphatic rings. The van der Waals surface area contributed by atoms with Crippen molar-refractivity contribution in [2.45, 2.75) is 57.1 Å². The quantitative estimate of drug-likeness (QED) is 0.165. The molecule has 0 aliphatic carbocycles. The standard InChI is InChI=1S/C36H39BrFN3O5S/c1-5-46-31-18-16-30(17-19-31)41(47(44,45)32-20-14-29(38)15-21-32)25-34(42)40(24-27-12-9-13-28(37)22-27)33(35(43)39-36(2,3)4)23-26-10-7-6-8-11-26/h6-22,33H,5,23-25H2,1-4H3,(H,39,43)/t33-/m1/s1. The van der Waals surface area contributed by atoms with Crippen molar-refractivity contribution in [3.63, 3.8) is 0 Å². The highest BCUT2D eigenvalue weighted by Crippen LogP contribution is 2.27. The first-order valence-corrected chi connectivity index (χ1v) is 17.4. The topological polar surface area (TPSA) is 96.0 Å². The van der Waals surface area contributed by atoms with Crippen molar-refractivity contribution in [2.24, 2.45) is 0 Å². The van der Waals surface area contributed by atoms with E-state index in [2.05, 4.69) is 21.2 Å². The number of rotatable bonds is 13. The lowest BCUT2D eigenvalue weighted by Crippen LogP contribution is -2.56. The Balaban J connectivity index is 1.82. The van der Waals surface area contributed by atoms with Gasteiger partial charge in [-0.2, -0.15) is 0 Å². The maximum absolute atomic E-state index is 14.6.